The van der Waals surface area contributed by atoms with Crippen molar-refractivity contribution >= 4 is 26.6 Å². The lowest BCUT2D eigenvalue weighted by atomic mass is 10.1. The molecule has 1 aromatic carbocycles. The minimum absolute atomic E-state index is 0.123. The number of nitrogens with zero attached hydrogens (tertiary/aromatic N) is 1. The Morgan fingerprint density at radius 2 is 2.16 bits per heavy atom. The highest BCUT2D eigenvalue weighted by atomic mass is 32.2. The van der Waals surface area contributed by atoms with Crippen LogP contribution in [0.5, 0.6) is 0 Å². The molecule has 4 rings (SSSR count). The number of sulfone groups is 1. The fourth-order valence-electron chi connectivity index (χ4n) is 3.29. The molecule has 0 saturated carbocycles. The quantitative estimate of drug-likeness (QED) is 0.777. The maximum absolute atomic E-state index is 12.7. The van der Waals surface area contributed by atoms with Crippen LogP contribution < -0.4 is 0 Å². The van der Waals surface area contributed by atoms with E-state index in [1.807, 2.05) is 24.4 Å². The van der Waals surface area contributed by atoms with Gasteiger partial charge in [0.15, 0.2) is 9.84 Å². The lowest BCUT2D eigenvalue weighted by Crippen LogP contribution is -2.32. The van der Waals surface area contributed by atoms with E-state index in [2.05, 4.69) is 4.98 Å². The smallest absolute Gasteiger partial charge is 0.253 e. The average molecular weight is 358 g/mol. The van der Waals surface area contributed by atoms with Crippen LogP contribution >= 0.6 is 0 Å². The van der Waals surface area contributed by atoms with Gasteiger partial charge in [0.2, 0.25) is 0 Å². The Labute approximate surface area is 145 Å². The van der Waals surface area contributed by atoms with E-state index in [9.17, 15) is 13.2 Å². The van der Waals surface area contributed by atoms with Crippen molar-refractivity contribution in [3.63, 3.8) is 0 Å². The number of benzene rings is 1. The van der Waals surface area contributed by atoms with Gasteiger partial charge in [-0.3, -0.25) is 4.79 Å². The second-order valence-corrected chi connectivity index (χ2v) is 8.61. The lowest BCUT2D eigenvalue weighted by Gasteiger charge is -2.17. The van der Waals surface area contributed by atoms with Gasteiger partial charge >= 0.3 is 0 Å². The third-order valence-corrected chi connectivity index (χ3v) is 6.75. The fourth-order valence-corrected chi connectivity index (χ4v) is 4.95. The second kappa shape index (κ2) is 6.07. The summed E-state index contributed by atoms with van der Waals surface area (Å²) in [5.74, 6) is 0.184. The van der Waals surface area contributed by atoms with Crippen molar-refractivity contribution in [2.75, 3.05) is 13.1 Å². The van der Waals surface area contributed by atoms with E-state index in [1.54, 1.807) is 23.1 Å². The number of amides is 1. The predicted octanol–water partition coefficient (Wildman–Crippen LogP) is 2.59. The minimum atomic E-state index is -3.35. The number of hydrogen-bond acceptors (Lipinski definition) is 4. The first-order valence-electron chi connectivity index (χ1n) is 8.13. The molecule has 1 amide bonds. The molecule has 1 fully saturated rings. The Kier molecular flexibility index (Phi) is 3.88. The summed E-state index contributed by atoms with van der Waals surface area (Å²) in [6, 6.07) is 10.7. The van der Waals surface area contributed by atoms with E-state index in [1.165, 1.54) is 6.26 Å². The van der Waals surface area contributed by atoms with Gasteiger partial charge in [0, 0.05) is 35.8 Å². The predicted molar refractivity (Wildman–Crippen MR) is 93.9 cm³/mol. The third kappa shape index (κ3) is 3.07. The lowest BCUT2D eigenvalue weighted by molar-refractivity contribution is 0.0793. The molecule has 2 aromatic heterocycles. The normalized spacial score (nSPS) is 18.1. The van der Waals surface area contributed by atoms with Crippen molar-refractivity contribution in [3.8, 4) is 0 Å². The van der Waals surface area contributed by atoms with Crippen molar-refractivity contribution in [1.29, 1.82) is 0 Å². The summed E-state index contributed by atoms with van der Waals surface area (Å²) in [6.07, 6.45) is 3.75. The highest BCUT2D eigenvalue weighted by Crippen LogP contribution is 2.23. The molecule has 1 N–H and O–H groups in total. The second-order valence-electron chi connectivity index (χ2n) is 6.33. The number of carbonyl (C=O) groups excluding carboxylic acids is 1. The molecule has 130 valence electrons. The Morgan fingerprint density at radius 3 is 2.96 bits per heavy atom. The molecule has 1 aliphatic heterocycles. The number of hydrogen-bond donors (Lipinski definition) is 1. The van der Waals surface area contributed by atoms with Gasteiger partial charge in [-0.15, -0.1) is 0 Å². The SMILES string of the molecule is O=C(c1ccc2[nH]ccc2c1)N1CC[C@@H](S(=O)(=O)Cc2ccco2)C1. The average Bonchev–Trinajstić information content (AvgIpc) is 3.33. The Morgan fingerprint density at radius 1 is 1.28 bits per heavy atom. The molecule has 1 aliphatic rings. The van der Waals surface area contributed by atoms with Crippen LogP contribution in [0.1, 0.15) is 22.5 Å². The fraction of sp³-hybridized carbons (Fsp3) is 0.278. The number of likely N-dealkylation sites (tertiary alicyclic amines) is 1. The van der Waals surface area contributed by atoms with Gasteiger partial charge in [-0.2, -0.15) is 0 Å². The zero-order valence-electron chi connectivity index (χ0n) is 13.5. The maximum Gasteiger partial charge on any atom is 0.253 e. The molecule has 3 heterocycles. The minimum Gasteiger partial charge on any atom is -0.468 e. The van der Waals surface area contributed by atoms with E-state index in [4.69, 9.17) is 4.42 Å². The van der Waals surface area contributed by atoms with Crippen molar-refractivity contribution in [1.82, 2.24) is 9.88 Å². The zero-order chi connectivity index (χ0) is 17.4. The van der Waals surface area contributed by atoms with Gasteiger partial charge in [0.05, 0.1) is 11.5 Å². The van der Waals surface area contributed by atoms with Crippen LogP contribution in [-0.4, -0.2) is 42.5 Å². The molecule has 0 spiro atoms. The van der Waals surface area contributed by atoms with Crippen molar-refractivity contribution in [3.05, 3.63) is 60.2 Å². The summed E-state index contributed by atoms with van der Waals surface area (Å²) in [5.41, 5.74) is 1.55. The molecule has 3 aromatic rings. The number of fused-ring (bicyclic) bond motifs is 1. The van der Waals surface area contributed by atoms with Gasteiger partial charge in [0.1, 0.15) is 11.5 Å². The highest BCUT2D eigenvalue weighted by Gasteiger charge is 2.35. The van der Waals surface area contributed by atoms with Gasteiger partial charge in [-0.1, -0.05) is 0 Å². The molecule has 0 aliphatic carbocycles. The Bertz CT molecular complexity index is 1000. The summed E-state index contributed by atoms with van der Waals surface area (Å²) in [5, 5.41) is 0.421. The van der Waals surface area contributed by atoms with Gasteiger partial charge in [-0.25, -0.2) is 8.42 Å². The maximum atomic E-state index is 12.7. The van der Waals surface area contributed by atoms with E-state index >= 15 is 0 Å². The number of aromatic nitrogens is 1. The molecule has 0 bridgehead atoms. The molecule has 25 heavy (non-hydrogen) atoms. The first-order chi connectivity index (χ1) is 12.0. The highest BCUT2D eigenvalue weighted by molar-refractivity contribution is 7.91. The van der Waals surface area contributed by atoms with Crippen molar-refractivity contribution in [2.45, 2.75) is 17.4 Å². The standard InChI is InChI=1S/C18H18N2O4S/c21-18(14-3-4-17-13(10-14)5-7-19-17)20-8-6-16(11-20)25(22,23)12-15-2-1-9-24-15/h1-5,7,9-10,16,19H,6,8,11-12H2/t16-/m1/s1. The van der Waals surface area contributed by atoms with Gasteiger partial charge in [0.25, 0.3) is 5.91 Å². The van der Waals surface area contributed by atoms with Crippen LogP contribution in [0.4, 0.5) is 0 Å². The number of rotatable bonds is 4. The van der Waals surface area contributed by atoms with E-state index < -0.39 is 15.1 Å². The number of nitrogens with one attached hydrogen (secondary N) is 1. The molecular weight excluding hydrogens is 340 g/mol. The molecule has 7 heteroatoms. The molecule has 0 radical (unpaired) electrons. The summed E-state index contributed by atoms with van der Waals surface area (Å²) in [7, 11) is -3.35. The van der Waals surface area contributed by atoms with Crippen LogP contribution in [0, 0.1) is 0 Å². The number of H-pyrrole nitrogens is 1. The van der Waals surface area contributed by atoms with Gasteiger partial charge in [-0.05, 0) is 42.8 Å². The molecule has 1 atom stereocenters. The molecular formula is C18H18N2O4S. The summed E-state index contributed by atoms with van der Waals surface area (Å²) >= 11 is 0. The number of carbonyl (C=O) groups is 1. The molecule has 6 nitrogen and oxygen atoms in total. The first kappa shape index (κ1) is 16.0. The summed E-state index contributed by atoms with van der Waals surface area (Å²) in [6.45, 7) is 0.680. The zero-order valence-corrected chi connectivity index (χ0v) is 14.3. The van der Waals surface area contributed by atoms with Crippen molar-refractivity contribution in [2.24, 2.45) is 0 Å². The van der Waals surface area contributed by atoms with Crippen LogP contribution in [0.3, 0.4) is 0 Å². The third-order valence-electron chi connectivity index (χ3n) is 4.66. The number of aromatic amines is 1. The van der Waals surface area contributed by atoms with E-state index in [-0.39, 0.29) is 18.2 Å². The largest absolute Gasteiger partial charge is 0.468 e. The topological polar surface area (TPSA) is 83.4 Å². The summed E-state index contributed by atoms with van der Waals surface area (Å²) < 4.78 is 30.2. The Balaban J connectivity index is 1.48. The van der Waals surface area contributed by atoms with Crippen LogP contribution in [0.25, 0.3) is 10.9 Å². The monoisotopic (exact) mass is 358 g/mol. The van der Waals surface area contributed by atoms with Gasteiger partial charge < -0.3 is 14.3 Å². The first-order valence-corrected chi connectivity index (χ1v) is 9.85. The summed E-state index contributed by atoms with van der Waals surface area (Å²) in [4.78, 5) is 17.4. The van der Waals surface area contributed by atoms with Crippen LogP contribution in [0.2, 0.25) is 0 Å². The van der Waals surface area contributed by atoms with E-state index in [0.29, 0.717) is 24.3 Å². The molecule has 1 saturated heterocycles. The van der Waals surface area contributed by atoms with Crippen LogP contribution in [0.15, 0.2) is 53.3 Å². The Hall–Kier alpha value is -2.54. The number of furan rings is 1. The van der Waals surface area contributed by atoms with Crippen molar-refractivity contribution < 1.29 is 17.6 Å². The molecule has 0 unspecified atom stereocenters. The van der Waals surface area contributed by atoms with E-state index in [0.717, 1.165) is 10.9 Å². The van der Waals surface area contributed by atoms with Crippen LogP contribution in [-0.2, 0) is 15.6 Å².